The lowest BCUT2D eigenvalue weighted by atomic mass is 10.3. The van der Waals surface area contributed by atoms with E-state index in [0.717, 1.165) is 0 Å². The molecule has 6 nitrogen and oxygen atoms in total. The molecule has 120 valence electrons. The number of nitrogens with zero attached hydrogens (tertiary/aromatic N) is 1. The molecule has 0 aliphatic rings. The van der Waals surface area contributed by atoms with Crippen LogP contribution in [0.3, 0.4) is 0 Å². The number of halogens is 3. The molecule has 0 radical (unpaired) electrons. The summed E-state index contributed by atoms with van der Waals surface area (Å²) in [5.41, 5.74) is -0.0837. The van der Waals surface area contributed by atoms with Gasteiger partial charge in [-0.05, 0) is 24.3 Å². The van der Waals surface area contributed by atoms with Gasteiger partial charge >= 0.3 is 5.97 Å². The molecule has 0 aliphatic heterocycles. The normalized spacial score (nSPS) is 10.2. The minimum Gasteiger partial charge on any atom is -0.482 e. The van der Waals surface area contributed by atoms with E-state index in [-0.39, 0.29) is 27.2 Å². The molecule has 0 aliphatic carbocycles. The van der Waals surface area contributed by atoms with Crippen LogP contribution in [-0.2, 0) is 4.79 Å². The fourth-order valence-corrected chi connectivity index (χ4v) is 2.47. The van der Waals surface area contributed by atoms with Gasteiger partial charge in [0.2, 0.25) is 0 Å². The van der Waals surface area contributed by atoms with Gasteiger partial charge in [0.25, 0.3) is 5.69 Å². The van der Waals surface area contributed by atoms with E-state index in [1.807, 2.05) is 0 Å². The molecule has 0 bridgehead atoms. The molecule has 9 heteroatoms. The molecule has 2 aromatic carbocycles. The Labute approximate surface area is 145 Å². The van der Waals surface area contributed by atoms with Crippen molar-refractivity contribution in [1.82, 2.24) is 0 Å². The molecule has 2 aromatic rings. The quantitative estimate of drug-likeness (QED) is 0.331. The van der Waals surface area contributed by atoms with Crippen LogP contribution >= 0.6 is 34.8 Å². The molecule has 0 spiro atoms. The highest BCUT2D eigenvalue weighted by molar-refractivity contribution is 6.40. The zero-order valence-electron chi connectivity index (χ0n) is 11.3. The van der Waals surface area contributed by atoms with Gasteiger partial charge in [-0.2, -0.15) is 0 Å². The van der Waals surface area contributed by atoms with Crippen LogP contribution in [0.1, 0.15) is 0 Å². The van der Waals surface area contributed by atoms with Crippen LogP contribution in [0, 0.1) is 10.1 Å². The first-order valence-electron chi connectivity index (χ1n) is 6.09. The van der Waals surface area contributed by atoms with Crippen molar-refractivity contribution in [3.63, 3.8) is 0 Å². The number of rotatable bonds is 5. The van der Waals surface area contributed by atoms with E-state index in [1.54, 1.807) is 0 Å². The maximum atomic E-state index is 11.7. The third-order valence-corrected chi connectivity index (χ3v) is 3.36. The molecule has 0 atom stereocenters. The summed E-state index contributed by atoms with van der Waals surface area (Å²) in [5, 5.41) is 11.0. The van der Waals surface area contributed by atoms with Gasteiger partial charge in [-0.15, -0.1) is 0 Å². The van der Waals surface area contributed by atoms with Gasteiger partial charge in [0, 0.05) is 17.2 Å². The molecular weight excluding hydrogens is 369 g/mol. The van der Waals surface area contributed by atoms with E-state index in [9.17, 15) is 14.9 Å². The highest BCUT2D eigenvalue weighted by Crippen LogP contribution is 2.35. The lowest BCUT2D eigenvalue weighted by Gasteiger charge is -2.09. The first kappa shape index (κ1) is 17.3. The molecule has 2 rings (SSSR count). The lowest BCUT2D eigenvalue weighted by molar-refractivity contribution is -0.384. The maximum absolute atomic E-state index is 11.7. The summed E-state index contributed by atoms with van der Waals surface area (Å²) >= 11 is 17.5. The standard InChI is InChI=1S/C14H8Cl3NO5/c15-8-5-11(16)14(12(17)6-8)23-13(19)7-22-10-3-1-9(2-4-10)18(20)21/h1-6H,7H2. The van der Waals surface area contributed by atoms with Crippen LogP contribution in [0.25, 0.3) is 0 Å². The second-order valence-electron chi connectivity index (χ2n) is 4.21. The first-order chi connectivity index (χ1) is 10.9. The van der Waals surface area contributed by atoms with E-state index >= 15 is 0 Å². The zero-order chi connectivity index (χ0) is 17.0. The molecule has 0 saturated heterocycles. The average molecular weight is 377 g/mol. The van der Waals surface area contributed by atoms with Crippen molar-refractivity contribution in [2.45, 2.75) is 0 Å². The monoisotopic (exact) mass is 375 g/mol. The van der Waals surface area contributed by atoms with E-state index in [0.29, 0.717) is 5.02 Å². The van der Waals surface area contributed by atoms with E-state index in [2.05, 4.69) is 0 Å². The molecule has 0 saturated carbocycles. The Hall–Kier alpha value is -2.02. The molecule has 0 unspecified atom stereocenters. The number of benzene rings is 2. The second kappa shape index (κ2) is 7.50. The van der Waals surface area contributed by atoms with Crippen LogP contribution in [-0.4, -0.2) is 17.5 Å². The highest BCUT2D eigenvalue weighted by Gasteiger charge is 2.14. The Morgan fingerprint density at radius 3 is 2.17 bits per heavy atom. The van der Waals surface area contributed by atoms with Crippen molar-refractivity contribution < 1.29 is 19.2 Å². The minimum absolute atomic E-state index is 0.0185. The van der Waals surface area contributed by atoms with Crippen molar-refractivity contribution in [1.29, 1.82) is 0 Å². The summed E-state index contributed by atoms with van der Waals surface area (Å²) in [6, 6.07) is 8.02. The molecule has 0 aromatic heterocycles. The molecular formula is C14H8Cl3NO5. The Balaban J connectivity index is 1.96. The predicted octanol–water partition coefficient (Wildman–Crippen LogP) is 4.54. The maximum Gasteiger partial charge on any atom is 0.349 e. The Bertz CT molecular complexity index is 726. The van der Waals surface area contributed by atoms with Crippen molar-refractivity contribution in [3.05, 3.63) is 61.6 Å². The van der Waals surface area contributed by atoms with Crippen LogP contribution in [0.15, 0.2) is 36.4 Å². The first-order valence-corrected chi connectivity index (χ1v) is 7.22. The number of esters is 1. The van der Waals surface area contributed by atoms with Crippen LogP contribution in [0.2, 0.25) is 15.1 Å². The van der Waals surface area contributed by atoms with Gasteiger partial charge in [-0.3, -0.25) is 10.1 Å². The van der Waals surface area contributed by atoms with Crippen molar-refractivity contribution in [3.8, 4) is 11.5 Å². The van der Waals surface area contributed by atoms with Gasteiger partial charge in [-0.25, -0.2) is 4.79 Å². The largest absolute Gasteiger partial charge is 0.482 e. The Kier molecular flexibility index (Phi) is 5.65. The van der Waals surface area contributed by atoms with E-state index in [1.165, 1.54) is 36.4 Å². The number of nitro benzene ring substituents is 1. The average Bonchev–Trinajstić information content (AvgIpc) is 2.49. The Morgan fingerprint density at radius 2 is 1.65 bits per heavy atom. The smallest absolute Gasteiger partial charge is 0.349 e. The van der Waals surface area contributed by atoms with Crippen LogP contribution in [0.5, 0.6) is 11.5 Å². The predicted molar refractivity (Wildman–Crippen MR) is 85.7 cm³/mol. The molecule has 0 heterocycles. The number of nitro groups is 1. The summed E-state index contributed by atoms with van der Waals surface area (Å²) in [6.07, 6.45) is 0. The van der Waals surface area contributed by atoms with Crippen LogP contribution < -0.4 is 9.47 Å². The summed E-state index contributed by atoms with van der Waals surface area (Å²) in [7, 11) is 0. The number of ether oxygens (including phenoxy) is 2. The van der Waals surface area contributed by atoms with Gasteiger partial charge in [0.05, 0.1) is 15.0 Å². The SMILES string of the molecule is O=C(COc1ccc([N+](=O)[O-])cc1)Oc1c(Cl)cc(Cl)cc1Cl. The molecule has 0 N–H and O–H groups in total. The summed E-state index contributed by atoms with van der Waals surface area (Å²) in [4.78, 5) is 21.7. The summed E-state index contributed by atoms with van der Waals surface area (Å²) < 4.78 is 10.2. The van der Waals surface area contributed by atoms with Crippen molar-refractivity contribution >= 4 is 46.5 Å². The number of non-ortho nitro benzene ring substituents is 1. The van der Waals surface area contributed by atoms with Gasteiger partial charge in [0.15, 0.2) is 12.4 Å². The van der Waals surface area contributed by atoms with Crippen molar-refractivity contribution in [2.24, 2.45) is 0 Å². The third-order valence-electron chi connectivity index (χ3n) is 2.58. The lowest BCUT2D eigenvalue weighted by Crippen LogP contribution is -2.18. The fraction of sp³-hybridized carbons (Fsp3) is 0.0714. The fourth-order valence-electron chi connectivity index (χ4n) is 1.58. The summed E-state index contributed by atoms with van der Waals surface area (Å²) in [6.45, 7) is -0.424. The minimum atomic E-state index is -0.741. The highest BCUT2D eigenvalue weighted by atomic mass is 35.5. The van der Waals surface area contributed by atoms with E-state index < -0.39 is 17.5 Å². The van der Waals surface area contributed by atoms with E-state index in [4.69, 9.17) is 44.3 Å². The Morgan fingerprint density at radius 1 is 1.09 bits per heavy atom. The molecule has 0 amide bonds. The number of carbonyl (C=O) groups is 1. The third kappa shape index (κ3) is 4.72. The zero-order valence-corrected chi connectivity index (χ0v) is 13.6. The van der Waals surface area contributed by atoms with Crippen molar-refractivity contribution in [2.75, 3.05) is 6.61 Å². The molecule has 23 heavy (non-hydrogen) atoms. The van der Waals surface area contributed by atoms with Gasteiger partial charge < -0.3 is 9.47 Å². The number of hydrogen-bond acceptors (Lipinski definition) is 5. The summed E-state index contributed by atoms with van der Waals surface area (Å²) in [5.74, 6) is -0.481. The topological polar surface area (TPSA) is 78.7 Å². The second-order valence-corrected chi connectivity index (χ2v) is 5.46. The van der Waals surface area contributed by atoms with Gasteiger partial charge in [-0.1, -0.05) is 34.8 Å². The molecule has 0 fully saturated rings. The van der Waals surface area contributed by atoms with Gasteiger partial charge in [0.1, 0.15) is 5.75 Å². The number of hydrogen-bond donors (Lipinski definition) is 0. The number of carbonyl (C=O) groups excluding carboxylic acids is 1. The van der Waals surface area contributed by atoms with Crippen LogP contribution in [0.4, 0.5) is 5.69 Å².